The Morgan fingerprint density at radius 3 is 2.65 bits per heavy atom. The number of nitrogens with zero attached hydrogens (tertiary/aromatic N) is 3. The number of aryl methyl sites for hydroxylation is 1. The van der Waals surface area contributed by atoms with Gasteiger partial charge in [-0.3, -0.25) is 4.98 Å². The molecular formula is C12H16N4O. The van der Waals surface area contributed by atoms with Crippen LogP contribution in [0.4, 0.5) is 0 Å². The number of rotatable bonds is 6. The molecule has 0 spiro atoms. The van der Waals surface area contributed by atoms with Crippen LogP contribution in [-0.4, -0.2) is 28.2 Å². The third-order valence-electron chi connectivity index (χ3n) is 2.43. The molecule has 0 unspecified atom stereocenters. The first-order chi connectivity index (χ1) is 8.34. The number of pyridine rings is 1. The third-order valence-corrected chi connectivity index (χ3v) is 2.43. The van der Waals surface area contributed by atoms with E-state index in [0.717, 1.165) is 31.8 Å². The van der Waals surface area contributed by atoms with Gasteiger partial charge in [-0.1, -0.05) is 5.16 Å². The zero-order valence-corrected chi connectivity index (χ0v) is 9.89. The molecule has 17 heavy (non-hydrogen) atoms. The second-order valence-corrected chi connectivity index (χ2v) is 3.84. The largest absolute Gasteiger partial charge is 0.340 e. The summed E-state index contributed by atoms with van der Waals surface area (Å²) in [5, 5.41) is 7.19. The maximum absolute atomic E-state index is 4.90. The van der Waals surface area contributed by atoms with Crippen LogP contribution in [0.25, 0.3) is 0 Å². The second kappa shape index (κ2) is 6.10. The van der Waals surface area contributed by atoms with E-state index in [2.05, 4.69) is 20.4 Å². The Morgan fingerprint density at radius 2 is 1.94 bits per heavy atom. The molecule has 5 nitrogen and oxygen atoms in total. The van der Waals surface area contributed by atoms with E-state index in [1.807, 2.05) is 24.5 Å². The molecule has 5 heteroatoms. The van der Waals surface area contributed by atoms with Gasteiger partial charge in [-0.25, -0.2) is 0 Å². The van der Waals surface area contributed by atoms with Crippen LogP contribution >= 0.6 is 0 Å². The Hall–Kier alpha value is -1.75. The van der Waals surface area contributed by atoms with Gasteiger partial charge >= 0.3 is 0 Å². The first-order valence-electron chi connectivity index (χ1n) is 5.73. The average molecular weight is 232 g/mol. The average Bonchev–Trinajstić information content (AvgIpc) is 2.76. The van der Waals surface area contributed by atoms with E-state index in [9.17, 15) is 0 Å². The third kappa shape index (κ3) is 3.96. The standard InChI is InChI=1S/C12H16N4O/c1-10-15-12(16-17-10)5-9-14-8-4-11-2-6-13-7-3-11/h2-3,6-7,14H,4-5,8-9H2,1H3. The van der Waals surface area contributed by atoms with Crippen molar-refractivity contribution in [3.05, 3.63) is 41.8 Å². The maximum atomic E-state index is 4.90. The fourth-order valence-corrected chi connectivity index (χ4v) is 1.55. The molecule has 0 aliphatic carbocycles. The van der Waals surface area contributed by atoms with Crippen LogP contribution in [0.2, 0.25) is 0 Å². The number of nitrogens with one attached hydrogen (secondary N) is 1. The van der Waals surface area contributed by atoms with Gasteiger partial charge in [0.1, 0.15) is 0 Å². The molecule has 0 saturated heterocycles. The maximum Gasteiger partial charge on any atom is 0.223 e. The zero-order valence-electron chi connectivity index (χ0n) is 9.89. The molecule has 1 N–H and O–H groups in total. The van der Waals surface area contributed by atoms with Gasteiger partial charge in [0.05, 0.1) is 0 Å². The summed E-state index contributed by atoms with van der Waals surface area (Å²) in [7, 11) is 0. The van der Waals surface area contributed by atoms with Gasteiger partial charge in [-0.2, -0.15) is 4.98 Å². The van der Waals surface area contributed by atoms with E-state index in [1.54, 1.807) is 6.92 Å². The van der Waals surface area contributed by atoms with Crippen molar-refractivity contribution in [2.24, 2.45) is 0 Å². The molecule has 2 aromatic heterocycles. The fraction of sp³-hybridized carbons (Fsp3) is 0.417. The Labute approximate surface area is 100 Å². The number of aromatic nitrogens is 3. The molecule has 0 aromatic carbocycles. The molecule has 0 fully saturated rings. The van der Waals surface area contributed by atoms with Crippen LogP contribution in [0.15, 0.2) is 29.0 Å². The highest BCUT2D eigenvalue weighted by atomic mass is 16.5. The molecule has 2 rings (SSSR count). The number of hydrogen-bond donors (Lipinski definition) is 1. The molecule has 0 amide bonds. The normalized spacial score (nSPS) is 10.6. The van der Waals surface area contributed by atoms with Crippen molar-refractivity contribution in [1.29, 1.82) is 0 Å². The molecular weight excluding hydrogens is 216 g/mol. The molecule has 90 valence electrons. The van der Waals surface area contributed by atoms with Gasteiger partial charge in [0.15, 0.2) is 5.82 Å². The first-order valence-corrected chi connectivity index (χ1v) is 5.73. The van der Waals surface area contributed by atoms with Crippen molar-refractivity contribution >= 4 is 0 Å². The molecule has 0 radical (unpaired) electrons. The minimum atomic E-state index is 0.622. The summed E-state index contributed by atoms with van der Waals surface area (Å²) >= 11 is 0. The van der Waals surface area contributed by atoms with Crippen LogP contribution in [0, 0.1) is 6.92 Å². The Morgan fingerprint density at radius 1 is 1.18 bits per heavy atom. The predicted molar refractivity (Wildman–Crippen MR) is 63.5 cm³/mol. The molecule has 0 saturated carbocycles. The van der Waals surface area contributed by atoms with Gasteiger partial charge < -0.3 is 9.84 Å². The molecule has 2 aromatic rings. The van der Waals surface area contributed by atoms with Gasteiger partial charge in [-0.05, 0) is 30.7 Å². The first kappa shape index (κ1) is 11.7. The van der Waals surface area contributed by atoms with Gasteiger partial charge in [0.2, 0.25) is 5.89 Å². The summed E-state index contributed by atoms with van der Waals surface area (Å²) in [5.41, 5.74) is 1.29. The highest BCUT2D eigenvalue weighted by Gasteiger charge is 2.00. The fourth-order valence-electron chi connectivity index (χ4n) is 1.55. The molecule has 0 atom stereocenters. The molecule has 0 aliphatic heterocycles. The van der Waals surface area contributed by atoms with Crippen molar-refractivity contribution in [3.63, 3.8) is 0 Å². The lowest BCUT2D eigenvalue weighted by Gasteiger charge is -2.02. The van der Waals surface area contributed by atoms with Gasteiger partial charge in [0.25, 0.3) is 0 Å². The quantitative estimate of drug-likeness (QED) is 0.757. The minimum Gasteiger partial charge on any atom is -0.340 e. The van der Waals surface area contributed by atoms with E-state index in [1.165, 1.54) is 5.56 Å². The zero-order chi connectivity index (χ0) is 11.9. The minimum absolute atomic E-state index is 0.622. The smallest absolute Gasteiger partial charge is 0.223 e. The lowest BCUT2D eigenvalue weighted by molar-refractivity contribution is 0.387. The predicted octanol–water partition coefficient (Wildman–Crippen LogP) is 1.15. The summed E-state index contributed by atoms with van der Waals surface area (Å²) in [4.78, 5) is 8.12. The lowest BCUT2D eigenvalue weighted by Crippen LogP contribution is -2.20. The van der Waals surface area contributed by atoms with E-state index in [4.69, 9.17) is 4.52 Å². The molecule has 2 heterocycles. The van der Waals surface area contributed by atoms with Crippen molar-refractivity contribution in [1.82, 2.24) is 20.4 Å². The van der Waals surface area contributed by atoms with Crippen LogP contribution in [0.3, 0.4) is 0 Å². The lowest BCUT2D eigenvalue weighted by atomic mass is 10.2. The number of hydrogen-bond acceptors (Lipinski definition) is 5. The van der Waals surface area contributed by atoms with Crippen molar-refractivity contribution in [2.45, 2.75) is 19.8 Å². The van der Waals surface area contributed by atoms with Gasteiger partial charge in [-0.15, -0.1) is 0 Å². The summed E-state index contributed by atoms with van der Waals surface area (Å²) in [6.45, 7) is 3.61. The molecule has 0 aliphatic rings. The van der Waals surface area contributed by atoms with Crippen LogP contribution in [0.1, 0.15) is 17.3 Å². The van der Waals surface area contributed by atoms with E-state index in [0.29, 0.717) is 5.89 Å². The summed E-state index contributed by atoms with van der Waals surface area (Å²) in [5.74, 6) is 1.38. The monoisotopic (exact) mass is 232 g/mol. The summed E-state index contributed by atoms with van der Waals surface area (Å²) in [6.07, 6.45) is 5.44. The SMILES string of the molecule is Cc1nc(CCNCCc2ccncc2)no1. The highest BCUT2D eigenvalue weighted by molar-refractivity contribution is 5.09. The van der Waals surface area contributed by atoms with Crippen molar-refractivity contribution in [2.75, 3.05) is 13.1 Å². The van der Waals surface area contributed by atoms with Crippen LogP contribution in [-0.2, 0) is 12.8 Å². The summed E-state index contributed by atoms with van der Waals surface area (Å²) in [6, 6.07) is 4.06. The van der Waals surface area contributed by atoms with E-state index >= 15 is 0 Å². The topological polar surface area (TPSA) is 63.8 Å². The van der Waals surface area contributed by atoms with Crippen LogP contribution in [0.5, 0.6) is 0 Å². The van der Waals surface area contributed by atoms with E-state index < -0.39 is 0 Å². The van der Waals surface area contributed by atoms with Crippen molar-refractivity contribution in [3.8, 4) is 0 Å². The Kier molecular flexibility index (Phi) is 4.21. The Bertz CT molecular complexity index is 441. The second-order valence-electron chi connectivity index (χ2n) is 3.84. The van der Waals surface area contributed by atoms with Crippen LogP contribution < -0.4 is 5.32 Å². The van der Waals surface area contributed by atoms with E-state index in [-0.39, 0.29) is 0 Å². The molecule has 0 bridgehead atoms. The summed E-state index contributed by atoms with van der Waals surface area (Å²) < 4.78 is 4.90. The van der Waals surface area contributed by atoms with Gasteiger partial charge in [0, 0.05) is 32.3 Å². The van der Waals surface area contributed by atoms with Crippen molar-refractivity contribution < 1.29 is 4.52 Å². The Balaban J connectivity index is 1.61. The highest BCUT2D eigenvalue weighted by Crippen LogP contribution is 1.97.